The van der Waals surface area contributed by atoms with E-state index in [0.717, 1.165) is 18.6 Å². The molecule has 2 N–H and O–H groups in total. The third-order valence-corrected chi connectivity index (χ3v) is 3.77. The maximum Gasteiger partial charge on any atom is 0.315 e. The van der Waals surface area contributed by atoms with Gasteiger partial charge in [-0.25, -0.2) is 13.6 Å². The van der Waals surface area contributed by atoms with E-state index < -0.39 is 11.6 Å². The lowest BCUT2D eigenvalue weighted by Gasteiger charge is -2.18. The molecule has 0 saturated carbocycles. The number of halogens is 2. The van der Waals surface area contributed by atoms with E-state index in [0.29, 0.717) is 18.7 Å². The molecule has 6 heteroatoms. The van der Waals surface area contributed by atoms with Crippen molar-refractivity contribution in [2.24, 2.45) is 0 Å². The monoisotopic (exact) mass is 298 g/mol. The number of rotatable bonds is 4. The van der Waals surface area contributed by atoms with Crippen molar-refractivity contribution in [2.45, 2.75) is 38.3 Å². The number of benzene rings is 1. The topological polar surface area (TPSA) is 50.4 Å². The smallest absolute Gasteiger partial charge is 0.315 e. The van der Waals surface area contributed by atoms with Gasteiger partial charge in [0.15, 0.2) is 11.6 Å². The summed E-state index contributed by atoms with van der Waals surface area (Å²) in [7, 11) is 0. The van der Waals surface area contributed by atoms with E-state index in [1.54, 1.807) is 0 Å². The molecule has 1 fully saturated rings. The van der Waals surface area contributed by atoms with E-state index in [9.17, 15) is 13.6 Å². The molecule has 0 aromatic heterocycles. The number of carbonyl (C=O) groups excluding carboxylic acids is 1. The fourth-order valence-corrected chi connectivity index (χ4v) is 2.32. The lowest BCUT2D eigenvalue weighted by Crippen LogP contribution is -2.45. The van der Waals surface area contributed by atoms with E-state index in [-0.39, 0.29) is 24.1 Å². The van der Waals surface area contributed by atoms with Gasteiger partial charge in [-0.05, 0) is 37.0 Å². The highest BCUT2D eigenvalue weighted by molar-refractivity contribution is 5.74. The molecular weight excluding hydrogens is 278 g/mol. The molecule has 116 valence electrons. The third kappa shape index (κ3) is 4.14. The zero-order chi connectivity index (χ0) is 15.4. The summed E-state index contributed by atoms with van der Waals surface area (Å²) in [6.45, 7) is 4.76. The highest BCUT2D eigenvalue weighted by atomic mass is 19.2. The summed E-state index contributed by atoms with van der Waals surface area (Å²) >= 11 is 0. The molecule has 1 saturated heterocycles. The second kappa shape index (κ2) is 6.85. The second-order valence-electron chi connectivity index (χ2n) is 5.40. The van der Waals surface area contributed by atoms with Crippen LogP contribution in [-0.4, -0.2) is 31.3 Å². The molecule has 1 aromatic carbocycles. The van der Waals surface area contributed by atoms with E-state index in [4.69, 9.17) is 4.74 Å². The standard InChI is InChI=1S/C15H20F2N2O2/c1-9(11-3-4-12(16)13(17)7-11)8-18-15(20)19-14-5-6-21-10(14)2/h3-4,7,9-10,14H,5-6,8H2,1-2H3,(H2,18,19,20)/t9-,10-,14-/m1/s1. The minimum absolute atomic E-state index is 0.0133. The molecular formula is C15H20F2N2O2. The number of hydrogen-bond acceptors (Lipinski definition) is 2. The highest BCUT2D eigenvalue weighted by Crippen LogP contribution is 2.17. The van der Waals surface area contributed by atoms with Gasteiger partial charge in [0, 0.05) is 13.2 Å². The third-order valence-electron chi connectivity index (χ3n) is 3.77. The zero-order valence-corrected chi connectivity index (χ0v) is 12.2. The van der Waals surface area contributed by atoms with Gasteiger partial charge in [-0.15, -0.1) is 0 Å². The van der Waals surface area contributed by atoms with Crippen LogP contribution in [0.25, 0.3) is 0 Å². The Labute approximate surface area is 122 Å². The summed E-state index contributed by atoms with van der Waals surface area (Å²) in [5.41, 5.74) is 0.645. The van der Waals surface area contributed by atoms with Gasteiger partial charge >= 0.3 is 6.03 Å². The van der Waals surface area contributed by atoms with Gasteiger partial charge in [0.1, 0.15) is 0 Å². The summed E-state index contributed by atoms with van der Waals surface area (Å²) < 4.78 is 31.4. The normalized spacial score (nSPS) is 22.9. The van der Waals surface area contributed by atoms with Gasteiger partial charge in [0.2, 0.25) is 0 Å². The Bertz CT molecular complexity index is 510. The SMILES string of the molecule is C[C@H](CNC(=O)N[C@@H]1CCO[C@@H]1C)c1ccc(F)c(F)c1. The summed E-state index contributed by atoms with van der Waals surface area (Å²) in [5.74, 6) is -1.85. The molecule has 3 atom stereocenters. The Kier molecular flexibility index (Phi) is 5.12. The predicted octanol–water partition coefficient (Wildman–Crippen LogP) is 2.54. The van der Waals surface area contributed by atoms with E-state index in [1.807, 2.05) is 13.8 Å². The van der Waals surface area contributed by atoms with Crippen LogP contribution >= 0.6 is 0 Å². The Hall–Kier alpha value is -1.69. The van der Waals surface area contributed by atoms with Crippen LogP contribution in [-0.2, 0) is 4.74 Å². The first-order valence-electron chi connectivity index (χ1n) is 7.08. The molecule has 21 heavy (non-hydrogen) atoms. The van der Waals surface area contributed by atoms with Crippen LogP contribution < -0.4 is 10.6 Å². The van der Waals surface area contributed by atoms with E-state index in [1.165, 1.54) is 6.07 Å². The number of ether oxygens (including phenoxy) is 1. The maximum atomic E-state index is 13.2. The average Bonchev–Trinajstić information content (AvgIpc) is 2.84. The molecule has 2 rings (SSSR count). The fourth-order valence-electron chi connectivity index (χ4n) is 2.32. The molecule has 1 heterocycles. The van der Waals surface area contributed by atoms with Gasteiger partial charge in [-0.1, -0.05) is 13.0 Å². The highest BCUT2D eigenvalue weighted by Gasteiger charge is 2.25. The maximum absolute atomic E-state index is 13.2. The summed E-state index contributed by atoms with van der Waals surface area (Å²) in [5, 5.41) is 5.59. The van der Waals surface area contributed by atoms with Crippen molar-refractivity contribution in [1.29, 1.82) is 0 Å². The quantitative estimate of drug-likeness (QED) is 0.897. The molecule has 1 aliphatic heterocycles. The van der Waals surface area contributed by atoms with Crippen molar-refractivity contribution in [3.63, 3.8) is 0 Å². The lowest BCUT2D eigenvalue weighted by molar-refractivity contribution is 0.114. The molecule has 0 aliphatic carbocycles. The lowest BCUT2D eigenvalue weighted by atomic mass is 10.0. The van der Waals surface area contributed by atoms with Crippen LogP contribution in [0.15, 0.2) is 18.2 Å². The Morgan fingerprint density at radius 2 is 2.19 bits per heavy atom. The van der Waals surface area contributed by atoms with Gasteiger partial charge in [-0.3, -0.25) is 0 Å². The van der Waals surface area contributed by atoms with Gasteiger partial charge in [0.05, 0.1) is 12.1 Å². The van der Waals surface area contributed by atoms with Crippen molar-refractivity contribution in [2.75, 3.05) is 13.2 Å². The van der Waals surface area contributed by atoms with Crippen molar-refractivity contribution in [1.82, 2.24) is 10.6 Å². The van der Waals surface area contributed by atoms with Crippen molar-refractivity contribution >= 4 is 6.03 Å². The Morgan fingerprint density at radius 3 is 2.81 bits per heavy atom. The molecule has 0 radical (unpaired) electrons. The van der Waals surface area contributed by atoms with Crippen molar-refractivity contribution in [3.05, 3.63) is 35.4 Å². The first-order chi connectivity index (χ1) is 9.97. The molecule has 1 aromatic rings. The second-order valence-corrected chi connectivity index (χ2v) is 5.40. The summed E-state index contributed by atoms with van der Waals surface area (Å²) in [6, 6.07) is 3.52. The largest absolute Gasteiger partial charge is 0.376 e. The molecule has 4 nitrogen and oxygen atoms in total. The summed E-state index contributed by atoms with van der Waals surface area (Å²) in [6.07, 6.45) is 0.812. The number of carbonyl (C=O) groups is 1. The van der Waals surface area contributed by atoms with Gasteiger partial charge in [-0.2, -0.15) is 0 Å². The van der Waals surface area contributed by atoms with Crippen molar-refractivity contribution in [3.8, 4) is 0 Å². The number of nitrogens with one attached hydrogen (secondary N) is 2. The van der Waals surface area contributed by atoms with Crippen LogP contribution in [0.5, 0.6) is 0 Å². The first kappa shape index (κ1) is 15.7. The predicted molar refractivity (Wildman–Crippen MR) is 75.1 cm³/mol. The summed E-state index contributed by atoms with van der Waals surface area (Å²) in [4.78, 5) is 11.8. The molecule has 1 aliphatic rings. The van der Waals surface area contributed by atoms with E-state index in [2.05, 4.69) is 10.6 Å². The molecule has 0 bridgehead atoms. The first-order valence-corrected chi connectivity index (χ1v) is 7.08. The van der Waals surface area contributed by atoms with Crippen LogP contribution in [0.4, 0.5) is 13.6 Å². The number of hydrogen-bond donors (Lipinski definition) is 2. The number of urea groups is 1. The van der Waals surface area contributed by atoms with Crippen LogP contribution in [0.1, 0.15) is 31.7 Å². The number of amides is 2. The fraction of sp³-hybridized carbons (Fsp3) is 0.533. The minimum Gasteiger partial charge on any atom is -0.376 e. The van der Waals surface area contributed by atoms with Crippen LogP contribution in [0.3, 0.4) is 0 Å². The van der Waals surface area contributed by atoms with Crippen LogP contribution in [0.2, 0.25) is 0 Å². The van der Waals surface area contributed by atoms with Crippen LogP contribution in [0, 0.1) is 11.6 Å². The van der Waals surface area contributed by atoms with Gasteiger partial charge < -0.3 is 15.4 Å². The minimum atomic E-state index is -0.874. The molecule has 0 unspecified atom stereocenters. The van der Waals surface area contributed by atoms with Gasteiger partial charge in [0.25, 0.3) is 0 Å². The Balaban J connectivity index is 1.81. The van der Waals surface area contributed by atoms with Crippen molar-refractivity contribution < 1.29 is 18.3 Å². The zero-order valence-electron chi connectivity index (χ0n) is 12.2. The molecule has 0 spiro atoms. The van der Waals surface area contributed by atoms with E-state index >= 15 is 0 Å². The Morgan fingerprint density at radius 1 is 1.43 bits per heavy atom. The molecule has 2 amide bonds. The average molecular weight is 298 g/mol.